The molecular weight excluding hydrogens is 354 g/mol. The number of benzene rings is 2. The summed E-state index contributed by atoms with van der Waals surface area (Å²) in [5.41, 5.74) is 6.72. The lowest BCUT2D eigenvalue weighted by molar-refractivity contribution is 0.100. The van der Waals surface area contributed by atoms with Crippen molar-refractivity contribution in [2.24, 2.45) is 12.8 Å². The van der Waals surface area contributed by atoms with Crippen LogP contribution in [0.25, 0.3) is 12.2 Å². The van der Waals surface area contributed by atoms with Gasteiger partial charge in [-0.15, -0.1) is 0 Å². The molecule has 28 heavy (non-hydrogen) atoms. The fraction of sp³-hybridized carbons (Fsp3) is 0.136. The van der Waals surface area contributed by atoms with E-state index in [1.54, 1.807) is 37.4 Å². The predicted octanol–water partition coefficient (Wildman–Crippen LogP) is 0.415. The number of nitrogens with zero attached hydrogens (tertiary/aromatic N) is 1. The van der Waals surface area contributed by atoms with Crippen molar-refractivity contribution in [3.8, 4) is 0 Å². The summed E-state index contributed by atoms with van der Waals surface area (Å²) in [6.07, 6.45) is 4.72. The standard InChI is InChI=1S/C22H21N3O3/c1-25-19(12-6-9-15-7-3-2-4-8-15)21(27)24-18(22(25)28)14-16-10-5-11-17(13-16)20(23)26/h2-5,7-8,10-14H,6,9H2,1H3,(H2,23,26)(H,24,27)/b18-14-,19-12-. The van der Waals surface area contributed by atoms with Gasteiger partial charge >= 0.3 is 0 Å². The Bertz CT molecular complexity index is 1240. The number of nitrogens with one attached hydrogen (secondary N) is 1. The number of H-pyrrole nitrogens is 1. The first kappa shape index (κ1) is 19.1. The van der Waals surface area contributed by atoms with Gasteiger partial charge in [0.15, 0.2) is 0 Å². The first-order valence-corrected chi connectivity index (χ1v) is 8.91. The van der Waals surface area contributed by atoms with Gasteiger partial charge < -0.3 is 15.3 Å². The van der Waals surface area contributed by atoms with Crippen LogP contribution in [0.15, 0.2) is 64.2 Å². The van der Waals surface area contributed by atoms with Crippen molar-refractivity contribution in [3.05, 3.63) is 103 Å². The zero-order valence-corrected chi connectivity index (χ0v) is 15.5. The second-order valence-corrected chi connectivity index (χ2v) is 6.48. The van der Waals surface area contributed by atoms with E-state index < -0.39 is 5.91 Å². The largest absolute Gasteiger partial charge is 0.366 e. The highest BCUT2D eigenvalue weighted by Gasteiger charge is 2.03. The number of hydrogen-bond donors (Lipinski definition) is 2. The van der Waals surface area contributed by atoms with Crippen molar-refractivity contribution in [2.45, 2.75) is 12.8 Å². The second kappa shape index (κ2) is 8.35. The molecule has 0 aliphatic heterocycles. The summed E-state index contributed by atoms with van der Waals surface area (Å²) in [4.78, 5) is 39.1. The number of hydrogen-bond acceptors (Lipinski definition) is 3. The van der Waals surface area contributed by atoms with E-state index in [2.05, 4.69) is 4.98 Å². The van der Waals surface area contributed by atoms with Crippen LogP contribution in [0.2, 0.25) is 0 Å². The number of aromatic amines is 1. The van der Waals surface area contributed by atoms with Crippen LogP contribution in [0.3, 0.4) is 0 Å². The fourth-order valence-electron chi connectivity index (χ4n) is 2.98. The van der Waals surface area contributed by atoms with E-state index in [1.165, 1.54) is 16.2 Å². The van der Waals surface area contributed by atoms with Crippen LogP contribution in [0.1, 0.15) is 27.9 Å². The number of aromatic nitrogens is 2. The van der Waals surface area contributed by atoms with Crippen LogP contribution in [0.4, 0.5) is 0 Å². The molecule has 142 valence electrons. The van der Waals surface area contributed by atoms with Crippen molar-refractivity contribution in [2.75, 3.05) is 0 Å². The topological polar surface area (TPSA) is 97.9 Å². The molecule has 0 fully saturated rings. The molecule has 2 aromatic carbocycles. The molecule has 0 spiro atoms. The molecular formula is C22H21N3O3. The average Bonchev–Trinajstić information content (AvgIpc) is 2.69. The van der Waals surface area contributed by atoms with Gasteiger partial charge in [-0.2, -0.15) is 0 Å². The van der Waals surface area contributed by atoms with Gasteiger partial charge in [0.05, 0.1) is 0 Å². The zero-order chi connectivity index (χ0) is 20.1. The molecule has 6 nitrogen and oxygen atoms in total. The summed E-state index contributed by atoms with van der Waals surface area (Å²) in [6, 6.07) is 16.5. The molecule has 1 amide bonds. The summed E-state index contributed by atoms with van der Waals surface area (Å²) in [5, 5.41) is 0.471. The maximum atomic E-state index is 12.6. The number of carbonyl (C=O) groups excluding carboxylic acids is 1. The Kier molecular flexibility index (Phi) is 5.69. The molecule has 1 aromatic heterocycles. The summed E-state index contributed by atoms with van der Waals surface area (Å²) in [5.74, 6) is -0.556. The number of amides is 1. The Hall–Kier alpha value is -3.67. The lowest BCUT2D eigenvalue weighted by atomic mass is 10.1. The highest BCUT2D eigenvalue weighted by atomic mass is 16.1. The molecule has 0 saturated carbocycles. The first-order chi connectivity index (χ1) is 13.5. The van der Waals surface area contributed by atoms with Crippen molar-refractivity contribution >= 4 is 18.1 Å². The third-order valence-electron chi connectivity index (χ3n) is 4.47. The minimum absolute atomic E-state index is 0.148. The minimum atomic E-state index is -0.556. The minimum Gasteiger partial charge on any atom is -0.366 e. The maximum absolute atomic E-state index is 12.6. The Balaban J connectivity index is 1.98. The van der Waals surface area contributed by atoms with E-state index in [9.17, 15) is 14.4 Å². The van der Waals surface area contributed by atoms with Gasteiger partial charge in [-0.3, -0.25) is 14.4 Å². The monoisotopic (exact) mass is 375 g/mol. The summed E-state index contributed by atoms with van der Waals surface area (Å²) >= 11 is 0. The molecule has 0 atom stereocenters. The summed E-state index contributed by atoms with van der Waals surface area (Å²) < 4.78 is 1.34. The number of aryl methyl sites for hydroxylation is 1. The highest BCUT2D eigenvalue weighted by molar-refractivity contribution is 5.93. The molecule has 0 radical (unpaired) electrons. The third-order valence-corrected chi connectivity index (χ3v) is 4.47. The molecule has 0 aliphatic carbocycles. The van der Waals surface area contributed by atoms with Gasteiger partial charge in [0, 0.05) is 12.6 Å². The maximum Gasteiger partial charge on any atom is 0.274 e. The normalized spacial score (nSPS) is 12.3. The van der Waals surface area contributed by atoms with E-state index in [0.717, 1.165) is 6.42 Å². The first-order valence-electron chi connectivity index (χ1n) is 8.91. The number of primary amides is 1. The van der Waals surface area contributed by atoms with Gasteiger partial charge in [-0.05, 0) is 42.2 Å². The molecule has 6 heteroatoms. The Morgan fingerprint density at radius 2 is 1.86 bits per heavy atom. The smallest absolute Gasteiger partial charge is 0.274 e. The van der Waals surface area contributed by atoms with E-state index in [1.807, 2.05) is 30.3 Å². The molecule has 3 aromatic rings. The Labute approximate surface area is 161 Å². The van der Waals surface area contributed by atoms with Crippen molar-refractivity contribution in [1.82, 2.24) is 9.55 Å². The van der Waals surface area contributed by atoms with Gasteiger partial charge in [-0.25, -0.2) is 0 Å². The molecule has 1 heterocycles. The molecule has 3 rings (SSSR count). The van der Waals surface area contributed by atoms with E-state index in [-0.39, 0.29) is 16.5 Å². The zero-order valence-electron chi connectivity index (χ0n) is 15.5. The van der Waals surface area contributed by atoms with Crippen LogP contribution in [-0.2, 0) is 13.5 Å². The van der Waals surface area contributed by atoms with Crippen molar-refractivity contribution in [3.63, 3.8) is 0 Å². The lowest BCUT2D eigenvalue weighted by Gasteiger charge is -2.01. The van der Waals surface area contributed by atoms with Gasteiger partial charge in [0.2, 0.25) is 5.91 Å². The van der Waals surface area contributed by atoms with Crippen molar-refractivity contribution < 1.29 is 4.79 Å². The molecule has 3 N–H and O–H groups in total. The van der Waals surface area contributed by atoms with Crippen LogP contribution in [-0.4, -0.2) is 15.5 Å². The van der Waals surface area contributed by atoms with E-state index in [0.29, 0.717) is 22.9 Å². The number of rotatable bonds is 5. The molecule has 0 aliphatic rings. The van der Waals surface area contributed by atoms with Gasteiger partial charge in [0.25, 0.3) is 11.1 Å². The lowest BCUT2D eigenvalue weighted by Crippen LogP contribution is -2.52. The Morgan fingerprint density at radius 3 is 2.57 bits per heavy atom. The van der Waals surface area contributed by atoms with E-state index in [4.69, 9.17) is 5.73 Å². The van der Waals surface area contributed by atoms with Crippen LogP contribution >= 0.6 is 0 Å². The fourth-order valence-corrected chi connectivity index (χ4v) is 2.98. The average molecular weight is 375 g/mol. The van der Waals surface area contributed by atoms with Crippen LogP contribution in [0.5, 0.6) is 0 Å². The quantitative estimate of drug-likeness (QED) is 0.676. The van der Waals surface area contributed by atoms with Crippen molar-refractivity contribution in [1.29, 1.82) is 0 Å². The van der Waals surface area contributed by atoms with Crippen LogP contribution < -0.4 is 27.6 Å². The molecule has 0 bridgehead atoms. The summed E-state index contributed by atoms with van der Waals surface area (Å²) in [6.45, 7) is 0. The number of carbonyl (C=O) groups is 1. The van der Waals surface area contributed by atoms with E-state index >= 15 is 0 Å². The SMILES string of the molecule is Cn1c(=O)/c(=C/c2cccc(C(N)=O)c2)[nH]c(=O)/c1=C/CCc1ccccc1. The third kappa shape index (κ3) is 4.35. The molecule has 0 saturated heterocycles. The summed E-state index contributed by atoms with van der Waals surface area (Å²) in [7, 11) is 1.57. The predicted molar refractivity (Wildman–Crippen MR) is 109 cm³/mol. The second-order valence-electron chi connectivity index (χ2n) is 6.48. The highest BCUT2D eigenvalue weighted by Crippen LogP contribution is 2.05. The van der Waals surface area contributed by atoms with Crippen LogP contribution in [0, 0.1) is 0 Å². The number of nitrogens with two attached hydrogens (primary N) is 1. The van der Waals surface area contributed by atoms with Gasteiger partial charge in [-0.1, -0.05) is 48.5 Å². The Morgan fingerprint density at radius 1 is 1.11 bits per heavy atom. The molecule has 0 unspecified atom stereocenters. The van der Waals surface area contributed by atoms with Gasteiger partial charge in [0.1, 0.15) is 10.7 Å².